The van der Waals surface area contributed by atoms with Crippen molar-refractivity contribution in [2.75, 3.05) is 26.4 Å². The Hall–Kier alpha value is -2.64. The molecule has 0 saturated carbocycles. The zero-order valence-electron chi connectivity index (χ0n) is 16.1. The van der Waals surface area contributed by atoms with Gasteiger partial charge in [-0.1, -0.05) is 18.2 Å². The molecule has 1 aromatic heterocycles. The molecule has 3 aromatic rings. The van der Waals surface area contributed by atoms with Gasteiger partial charge in [-0.2, -0.15) is 0 Å². The van der Waals surface area contributed by atoms with Gasteiger partial charge in [0.05, 0.1) is 21.8 Å². The zero-order valence-corrected chi connectivity index (χ0v) is 16.9. The summed E-state index contributed by atoms with van der Waals surface area (Å²) in [6.45, 7) is 3.02. The molecule has 7 heteroatoms. The summed E-state index contributed by atoms with van der Waals surface area (Å²) in [5, 5.41) is 4.21. The largest absolute Gasteiger partial charge is 0.454 e. The van der Waals surface area contributed by atoms with Crippen molar-refractivity contribution in [3.63, 3.8) is 0 Å². The van der Waals surface area contributed by atoms with Gasteiger partial charge in [-0.15, -0.1) is 11.3 Å². The average molecular weight is 410 g/mol. The standard InChI is InChI=1S/C22H23N3O3S/c26-21(23-11-15-7-8-18-19(10-15)28-14-27-18)13-25-9-3-4-16(12-25)22-24-17-5-1-2-6-20(17)29-22/h1-2,5-8,10,16H,3-4,9,11-14H2,(H,23,26)/t16-/m0/s1. The molecule has 2 aliphatic rings. The van der Waals surface area contributed by atoms with Crippen molar-refractivity contribution in [1.29, 1.82) is 0 Å². The van der Waals surface area contributed by atoms with Gasteiger partial charge < -0.3 is 14.8 Å². The molecule has 0 bridgehead atoms. The van der Waals surface area contributed by atoms with E-state index in [1.165, 1.54) is 9.71 Å². The van der Waals surface area contributed by atoms with Gasteiger partial charge in [0.2, 0.25) is 12.7 Å². The van der Waals surface area contributed by atoms with E-state index in [-0.39, 0.29) is 12.7 Å². The van der Waals surface area contributed by atoms with E-state index >= 15 is 0 Å². The number of carbonyl (C=O) groups excluding carboxylic acids is 1. The van der Waals surface area contributed by atoms with E-state index < -0.39 is 0 Å². The molecule has 0 radical (unpaired) electrons. The molecule has 150 valence electrons. The number of fused-ring (bicyclic) bond motifs is 2. The molecule has 1 amide bonds. The maximum atomic E-state index is 12.5. The number of nitrogens with one attached hydrogen (secondary N) is 1. The van der Waals surface area contributed by atoms with Crippen LogP contribution in [0.2, 0.25) is 0 Å². The molecule has 0 aliphatic carbocycles. The van der Waals surface area contributed by atoms with Gasteiger partial charge in [-0.05, 0) is 49.2 Å². The molecule has 1 N–H and O–H groups in total. The third-order valence-corrected chi connectivity index (χ3v) is 6.66. The van der Waals surface area contributed by atoms with Gasteiger partial charge in [0.1, 0.15) is 0 Å². The number of amides is 1. The number of ether oxygens (including phenoxy) is 2. The second kappa shape index (κ2) is 8.00. The molecule has 1 fully saturated rings. The Morgan fingerprint density at radius 3 is 3.03 bits per heavy atom. The first-order valence-corrected chi connectivity index (χ1v) is 10.8. The number of likely N-dealkylation sites (tertiary alicyclic amines) is 1. The van der Waals surface area contributed by atoms with Gasteiger partial charge in [0, 0.05) is 19.0 Å². The predicted molar refractivity (Wildman–Crippen MR) is 112 cm³/mol. The summed E-state index contributed by atoms with van der Waals surface area (Å²) in [6, 6.07) is 14.0. The number of carbonyl (C=O) groups is 1. The van der Waals surface area contributed by atoms with Crippen molar-refractivity contribution in [3.8, 4) is 11.5 Å². The van der Waals surface area contributed by atoms with Crippen molar-refractivity contribution in [1.82, 2.24) is 15.2 Å². The van der Waals surface area contributed by atoms with E-state index in [1.807, 2.05) is 24.3 Å². The molecule has 29 heavy (non-hydrogen) atoms. The summed E-state index contributed by atoms with van der Waals surface area (Å²) in [7, 11) is 0. The normalized spacial score (nSPS) is 18.8. The van der Waals surface area contributed by atoms with E-state index in [4.69, 9.17) is 14.5 Å². The highest BCUT2D eigenvalue weighted by Gasteiger charge is 2.25. The van der Waals surface area contributed by atoms with Crippen LogP contribution in [-0.2, 0) is 11.3 Å². The van der Waals surface area contributed by atoms with E-state index in [0.29, 0.717) is 19.0 Å². The number of hydrogen-bond donors (Lipinski definition) is 1. The Balaban J connectivity index is 1.16. The molecule has 3 heterocycles. The fourth-order valence-corrected chi connectivity index (χ4v) is 5.07. The first kappa shape index (κ1) is 18.4. The molecule has 1 saturated heterocycles. The number of rotatable bonds is 5. The fourth-order valence-electron chi connectivity index (χ4n) is 3.98. The number of piperidine rings is 1. The minimum absolute atomic E-state index is 0.0487. The van der Waals surface area contributed by atoms with Crippen LogP contribution < -0.4 is 14.8 Å². The van der Waals surface area contributed by atoms with E-state index in [1.54, 1.807) is 11.3 Å². The summed E-state index contributed by atoms with van der Waals surface area (Å²) < 4.78 is 12.0. The summed E-state index contributed by atoms with van der Waals surface area (Å²) in [5.41, 5.74) is 2.08. The molecule has 6 nitrogen and oxygen atoms in total. The first-order valence-electron chi connectivity index (χ1n) is 9.98. The fraction of sp³-hybridized carbons (Fsp3) is 0.364. The van der Waals surface area contributed by atoms with Crippen LogP contribution in [0.25, 0.3) is 10.2 Å². The van der Waals surface area contributed by atoms with Crippen molar-refractivity contribution in [2.24, 2.45) is 0 Å². The summed E-state index contributed by atoms with van der Waals surface area (Å²) in [4.78, 5) is 19.5. The minimum atomic E-state index is 0.0487. The van der Waals surface area contributed by atoms with Gasteiger partial charge in [-0.3, -0.25) is 9.69 Å². The minimum Gasteiger partial charge on any atom is -0.454 e. The van der Waals surface area contributed by atoms with Crippen LogP contribution in [0.1, 0.15) is 29.3 Å². The van der Waals surface area contributed by atoms with Gasteiger partial charge >= 0.3 is 0 Å². The molecule has 5 rings (SSSR count). The van der Waals surface area contributed by atoms with E-state index in [0.717, 1.165) is 48.5 Å². The molecule has 1 atom stereocenters. The number of hydrogen-bond acceptors (Lipinski definition) is 6. The molecule has 0 unspecified atom stereocenters. The van der Waals surface area contributed by atoms with E-state index in [9.17, 15) is 4.79 Å². The Morgan fingerprint density at radius 2 is 2.10 bits per heavy atom. The van der Waals surface area contributed by atoms with Crippen molar-refractivity contribution in [3.05, 3.63) is 53.0 Å². The van der Waals surface area contributed by atoms with Gasteiger partial charge in [0.25, 0.3) is 0 Å². The highest BCUT2D eigenvalue weighted by molar-refractivity contribution is 7.18. The van der Waals surface area contributed by atoms with Gasteiger partial charge in [-0.25, -0.2) is 4.98 Å². The van der Waals surface area contributed by atoms with Crippen molar-refractivity contribution >= 4 is 27.5 Å². The lowest BCUT2D eigenvalue weighted by molar-refractivity contribution is -0.122. The Kier molecular flexibility index (Phi) is 5.08. The van der Waals surface area contributed by atoms with Crippen LogP contribution >= 0.6 is 11.3 Å². The maximum Gasteiger partial charge on any atom is 0.234 e. The number of benzene rings is 2. The number of aromatic nitrogens is 1. The maximum absolute atomic E-state index is 12.5. The number of thiazole rings is 1. The number of nitrogens with zero attached hydrogens (tertiary/aromatic N) is 2. The van der Waals surface area contributed by atoms with Gasteiger partial charge in [0.15, 0.2) is 11.5 Å². The van der Waals surface area contributed by atoms with Crippen LogP contribution in [0.4, 0.5) is 0 Å². The second-order valence-electron chi connectivity index (χ2n) is 7.56. The molecule has 0 spiro atoms. The number of para-hydroxylation sites is 1. The second-order valence-corrected chi connectivity index (χ2v) is 8.62. The molecule has 2 aliphatic heterocycles. The van der Waals surface area contributed by atoms with Crippen LogP contribution in [0.3, 0.4) is 0 Å². The summed E-state index contributed by atoms with van der Waals surface area (Å²) in [5.74, 6) is 1.95. The Labute approximate surface area is 173 Å². The van der Waals surface area contributed by atoms with Crippen LogP contribution in [-0.4, -0.2) is 42.2 Å². The molecular weight excluding hydrogens is 386 g/mol. The predicted octanol–water partition coefficient (Wildman–Crippen LogP) is 3.52. The highest BCUT2D eigenvalue weighted by atomic mass is 32.1. The monoisotopic (exact) mass is 409 g/mol. The Bertz CT molecular complexity index is 1000. The van der Waals surface area contributed by atoms with E-state index in [2.05, 4.69) is 28.4 Å². The zero-order chi connectivity index (χ0) is 19.6. The quantitative estimate of drug-likeness (QED) is 0.699. The van der Waals surface area contributed by atoms with Crippen molar-refractivity contribution in [2.45, 2.75) is 25.3 Å². The third kappa shape index (κ3) is 4.06. The first-order chi connectivity index (χ1) is 14.2. The van der Waals surface area contributed by atoms with Crippen LogP contribution in [0, 0.1) is 0 Å². The highest BCUT2D eigenvalue weighted by Crippen LogP contribution is 2.33. The molecule has 2 aromatic carbocycles. The topological polar surface area (TPSA) is 63.7 Å². The third-order valence-electron chi connectivity index (χ3n) is 5.46. The lowest BCUT2D eigenvalue weighted by Gasteiger charge is -2.31. The summed E-state index contributed by atoms with van der Waals surface area (Å²) in [6.07, 6.45) is 2.23. The van der Waals surface area contributed by atoms with Crippen LogP contribution in [0.15, 0.2) is 42.5 Å². The summed E-state index contributed by atoms with van der Waals surface area (Å²) >= 11 is 1.78. The van der Waals surface area contributed by atoms with Crippen molar-refractivity contribution < 1.29 is 14.3 Å². The smallest absolute Gasteiger partial charge is 0.234 e. The SMILES string of the molecule is O=C(CN1CCC[C@H](c2nc3ccccc3s2)C1)NCc1ccc2c(c1)OCO2. The lowest BCUT2D eigenvalue weighted by atomic mass is 9.99. The van der Waals surface area contributed by atoms with Crippen LogP contribution in [0.5, 0.6) is 11.5 Å². The Morgan fingerprint density at radius 1 is 1.21 bits per heavy atom. The lowest BCUT2D eigenvalue weighted by Crippen LogP contribution is -2.41. The molecular formula is C22H23N3O3S. The average Bonchev–Trinajstić information content (AvgIpc) is 3.39.